The fourth-order valence-electron chi connectivity index (χ4n) is 3.30. The van der Waals surface area contributed by atoms with Crippen molar-refractivity contribution < 1.29 is 0 Å². The van der Waals surface area contributed by atoms with Crippen LogP contribution in [0.4, 0.5) is 17.5 Å². The Morgan fingerprint density at radius 3 is 2.73 bits per heavy atom. The van der Waals surface area contributed by atoms with E-state index in [2.05, 4.69) is 51.6 Å². The second-order valence-corrected chi connectivity index (χ2v) is 6.96. The topological polar surface area (TPSA) is 41.1 Å². The lowest BCUT2D eigenvalue weighted by atomic mass is 10.1. The van der Waals surface area contributed by atoms with E-state index in [9.17, 15) is 0 Å². The number of aromatic nitrogens is 2. The molecule has 0 saturated heterocycles. The van der Waals surface area contributed by atoms with Gasteiger partial charge < -0.3 is 10.2 Å². The van der Waals surface area contributed by atoms with Gasteiger partial charge in [0.1, 0.15) is 5.82 Å². The largest absolute Gasteiger partial charge is 0.370 e. The molecule has 0 amide bonds. The predicted octanol–water partition coefficient (Wildman–Crippen LogP) is 4.79. The normalized spacial score (nSPS) is 12.9. The Kier molecular flexibility index (Phi) is 4.76. The van der Waals surface area contributed by atoms with Crippen LogP contribution in [0.3, 0.4) is 0 Å². The van der Waals surface area contributed by atoms with Crippen LogP contribution in [0.15, 0.2) is 54.6 Å². The lowest BCUT2D eigenvalue weighted by molar-refractivity contribution is 0.922. The molecule has 2 heterocycles. The van der Waals surface area contributed by atoms with Gasteiger partial charge in [-0.2, -0.15) is 4.98 Å². The Morgan fingerprint density at radius 2 is 1.88 bits per heavy atom. The lowest BCUT2D eigenvalue weighted by Crippen LogP contribution is -2.18. The summed E-state index contributed by atoms with van der Waals surface area (Å²) in [6, 6.07) is 18.4. The van der Waals surface area contributed by atoms with Gasteiger partial charge in [-0.25, -0.2) is 4.98 Å². The maximum absolute atomic E-state index is 5.94. The number of hydrogen-bond donors (Lipinski definition) is 1. The first kappa shape index (κ1) is 16.9. The van der Waals surface area contributed by atoms with Crippen molar-refractivity contribution in [1.82, 2.24) is 9.97 Å². The molecule has 3 aromatic rings. The second kappa shape index (κ2) is 7.34. The molecule has 4 nitrogen and oxygen atoms in total. The Hall–Kier alpha value is -2.59. The van der Waals surface area contributed by atoms with Gasteiger partial charge in [0.05, 0.1) is 0 Å². The number of halogens is 1. The summed E-state index contributed by atoms with van der Waals surface area (Å²) in [6.07, 6.45) is 1.95. The molecule has 0 atom stereocenters. The van der Waals surface area contributed by atoms with E-state index in [1.807, 2.05) is 25.1 Å². The van der Waals surface area contributed by atoms with Gasteiger partial charge in [0.15, 0.2) is 0 Å². The molecular weight excluding hydrogens is 344 g/mol. The summed E-state index contributed by atoms with van der Waals surface area (Å²) in [5.74, 6) is 1.63. The molecule has 1 N–H and O–H groups in total. The number of nitrogens with zero attached hydrogens (tertiary/aromatic N) is 3. The molecule has 0 aliphatic carbocycles. The molecule has 2 aromatic carbocycles. The van der Waals surface area contributed by atoms with Crippen molar-refractivity contribution in [2.24, 2.45) is 0 Å². The molecule has 0 saturated carbocycles. The number of fused-ring (bicyclic) bond motifs is 1. The fraction of sp³-hybridized carbons (Fsp3) is 0.238. The third kappa shape index (κ3) is 3.65. The van der Waals surface area contributed by atoms with Gasteiger partial charge in [0.2, 0.25) is 5.95 Å². The molecule has 1 aliphatic rings. The van der Waals surface area contributed by atoms with Crippen LogP contribution in [0.2, 0.25) is 5.02 Å². The molecule has 132 valence electrons. The van der Waals surface area contributed by atoms with Crippen molar-refractivity contribution >= 4 is 29.1 Å². The molecule has 0 fully saturated rings. The van der Waals surface area contributed by atoms with Gasteiger partial charge in [-0.1, -0.05) is 41.9 Å². The fourth-order valence-corrected chi connectivity index (χ4v) is 3.42. The van der Waals surface area contributed by atoms with E-state index < -0.39 is 0 Å². The van der Waals surface area contributed by atoms with Crippen LogP contribution in [0.5, 0.6) is 0 Å². The molecule has 1 aromatic heterocycles. The summed E-state index contributed by atoms with van der Waals surface area (Å²) in [7, 11) is 0. The second-order valence-electron chi connectivity index (χ2n) is 6.53. The highest BCUT2D eigenvalue weighted by Gasteiger charge is 2.22. The van der Waals surface area contributed by atoms with Crippen molar-refractivity contribution in [2.45, 2.75) is 19.8 Å². The average molecular weight is 365 g/mol. The van der Waals surface area contributed by atoms with Gasteiger partial charge in [-0.3, -0.25) is 0 Å². The van der Waals surface area contributed by atoms with Crippen LogP contribution in [0.25, 0.3) is 0 Å². The minimum Gasteiger partial charge on any atom is -0.370 e. The Bertz CT molecular complexity index is 908. The van der Waals surface area contributed by atoms with Crippen molar-refractivity contribution in [1.29, 1.82) is 0 Å². The average Bonchev–Trinajstić information content (AvgIpc) is 3.07. The third-order valence-corrected chi connectivity index (χ3v) is 4.86. The SMILES string of the molecule is Cc1cc(NCCc2ccc(Cl)cc2)nc(N2CCc3ccccc32)n1. The molecule has 4 rings (SSSR count). The van der Waals surface area contributed by atoms with Crippen LogP contribution in [-0.4, -0.2) is 23.1 Å². The first-order valence-electron chi connectivity index (χ1n) is 8.88. The Balaban J connectivity index is 1.47. The van der Waals surface area contributed by atoms with E-state index in [0.29, 0.717) is 0 Å². The van der Waals surface area contributed by atoms with Gasteiger partial charge in [-0.05, 0) is 49.1 Å². The Labute approximate surface area is 158 Å². The number of anilines is 3. The molecular formula is C21H21ClN4. The molecule has 0 radical (unpaired) electrons. The summed E-state index contributed by atoms with van der Waals surface area (Å²) in [6.45, 7) is 3.75. The lowest BCUT2D eigenvalue weighted by Gasteiger charge is -2.18. The van der Waals surface area contributed by atoms with Crippen molar-refractivity contribution in [3.63, 3.8) is 0 Å². The van der Waals surface area contributed by atoms with E-state index >= 15 is 0 Å². The van der Waals surface area contributed by atoms with Crippen molar-refractivity contribution in [3.8, 4) is 0 Å². The number of rotatable bonds is 5. The maximum atomic E-state index is 5.94. The first-order chi connectivity index (χ1) is 12.7. The van der Waals surface area contributed by atoms with E-state index in [-0.39, 0.29) is 0 Å². The quantitative estimate of drug-likeness (QED) is 0.706. The van der Waals surface area contributed by atoms with Crippen LogP contribution < -0.4 is 10.2 Å². The van der Waals surface area contributed by atoms with Gasteiger partial charge in [0.25, 0.3) is 0 Å². The minimum absolute atomic E-state index is 0.767. The monoisotopic (exact) mass is 364 g/mol. The molecule has 0 spiro atoms. The minimum atomic E-state index is 0.767. The van der Waals surface area contributed by atoms with E-state index in [0.717, 1.165) is 48.4 Å². The molecule has 0 bridgehead atoms. The van der Waals surface area contributed by atoms with Crippen LogP contribution in [0.1, 0.15) is 16.8 Å². The molecule has 5 heteroatoms. The summed E-state index contributed by atoms with van der Waals surface area (Å²) in [5.41, 5.74) is 4.79. The zero-order valence-corrected chi connectivity index (χ0v) is 15.5. The third-order valence-electron chi connectivity index (χ3n) is 4.60. The van der Waals surface area contributed by atoms with Crippen LogP contribution >= 0.6 is 11.6 Å². The smallest absolute Gasteiger partial charge is 0.232 e. The van der Waals surface area contributed by atoms with Crippen LogP contribution in [0, 0.1) is 6.92 Å². The van der Waals surface area contributed by atoms with E-state index in [4.69, 9.17) is 16.6 Å². The number of hydrogen-bond acceptors (Lipinski definition) is 4. The van der Waals surface area contributed by atoms with Crippen molar-refractivity contribution in [2.75, 3.05) is 23.3 Å². The summed E-state index contributed by atoms with van der Waals surface area (Å²) < 4.78 is 0. The number of aryl methyl sites for hydroxylation is 1. The van der Waals surface area contributed by atoms with Gasteiger partial charge in [0, 0.05) is 35.6 Å². The highest BCUT2D eigenvalue weighted by atomic mass is 35.5. The molecule has 0 unspecified atom stereocenters. The Morgan fingerprint density at radius 1 is 1.08 bits per heavy atom. The maximum Gasteiger partial charge on any atom is 0.232 e. The number of nitrogens with one attached hydrogen (secondary N) is 1. The zero-order valence-electron chi connectivity index (χ0n) is 14.7. The van der Waals surface area contributed by atoms with Gasteiger partial charge in [-0.15, -0.1) is 0 Å². The highest BCUT2D eigenvalue weighted by Crippen LogP contribution is 2.32. The zero-order chi connectivity index (χ0) is 17.9. The predicted molar refractivity (Wildman–Crippen MR) is 108 cm³/mol. The molecule has 1 aliphatic heterocycles. The highest BCUT2D eigenvalue weighted by molar-refractivity contribution is 6.30. The van der Waals surface area contributed by atoms with Crippen molar-refractivity contribution in [3.05, 3.63) is 76.4 Å². The summed E-state index contributed by atoms with van der Waals surface area (Å²) in [5, 5.41) is 4.19. The summed E-state index contributed by atoms with van der Waals surface area (Å²) in [4.78, 5) is 11.6. The van der Waals surface area contributed by atoms with Gasteiger partial charge >= 0.3 is 0 Å². The van der Waals surface area contributed by atoms with E-state index in [1.165, 1.54) is 16.8 Å². The van der Waals surface area contributed by atoms with Crippen LogP contribution in [-0.2, 0) is 12.8 Å². The van der Waals surface area contributed by atoms with E-state index in [1.54, 1.807) is 0 Å². The number of para-hydroxylation sites is 1. The standard InChI is InChI=1S/C21H21ClN4/c1-15-14-20(23-12-10-16-6-8-18(22)9-7-16)25-21(24-15)26-13-11-17-4-2-3-5-19(17)26/h2-9,14H,10-13H2,1H3,(H,23,24,25). The molecule has 26 heavy (non-hydrogen) atoms. The summed E-state index contributed by atoms with van der Waals surface area (Å²) >= 11 is 5.94. The first-order valence-corrected chi connectivity index (χ1v) is 9.26. The number of benzene rings is 2.